The van der Waals surface area contributed by atoms with Crippen molar-refractivity contribution in [2.75, 3.05) is 0 Å². The molecule has 3 heterocycles. The number of hydrogen-bond acceptors (Lipinski definition) is 4. The van der Waals surface area contributed by atoms with Crippen molar-refractivity contribution in [3.8, 4) is 0 Å². The molecular formula is C13H17N3O4. The Morgan fingerprint density at radius 2 is 2.15 bits per heavy atom. The van der Waals surface area contributed by atoms with Crippen molar-refractivity contribution in [1.29, 1.82) is 0 Å². The third-order valence-electron chi connectivity index (χ3n) is 4.09. The predicted octanol–water partition coefficient (Wildman–Crippen LogP) is -0.0855. The average Bonchev–Trinajstić information content (AvgIpc) is 3.10. The number of carboxylic acids is 1. The first-order valence-electron chi connectivity index (χ1n) is 6.70. The molecule has 7 nitrogen and oxygen atoms in total. The second kappa shape index (κ2) is 4.90. The van der Waals surface area contributed by atoms with Crippen molar-refractivity contribution in [3.63, 3.8) is 0 Å². The zero-order valence-corrected chi connectivity index (χ0v) is 11.2. The molecule has 0 aliphatic carbocycles. The zero-order chi connectivity index (χ0) is 14.3. The summed E-state index contributed by atoms with van der Waals surface area (Å²) < 4.78 is 7.23. The highest BCUT2D eigenvalue weighted by Gasteiger charge is 2.55. The maximum atomic E-state index is 12.2. The lowest BCUT2D eigenvalue weighted by Gasteiger charge is -2.23. The zero-order valence-electron chi connectivity index (χ0n) is 11.2. The molecule has 2 N–H and O–H groups in total. The van der Waals surface area contributed by atoms with Gasteiger partial charge in [-0.15, -0.1) is 0 Å². The van der Waals surface area contributed by atoms with Crippen LogP contribution in [0.25, 0.3) is 0 Å². The number of aromatic nitrogens is 2. The van der Waals surface area contributed by atoms with Crippen molar-refractivity contribution in [2.45, 2.75) is 31.6 Å². The van der Waals surface area contributed by atoms with Crippen LogP contribution < -0.4 is 5.32 Å². The molecular weight excluding hydrogens is 262 g/mol. The number of aryl methyl sites for hydroxylation is 1. The van der Waals surface area contributed by atoms with E-state index < -0.39 is 17.8 Å². The Balaban J connectivity index is 1.65. The van der Waals surface area contributed by atoms with E-state index in [2.05, 4.69) is 10.4 Å². The Morgan fingerprint density at radius 3 is 2.75 bits per heavy atom. The van der Waals surface area contributed by atoms with Gasteiger partial charge in [0.25, 0.3) is 0 Å². The molecule has 2 bridgehead atoms. The molecule has 1 amide bonds. The molecule has 0 spiro atoms. The molecule has 0 saturated carbocycles. The molecule has 1 aromatic rings. The van der Waals surface area contributed by atoms with Crippen molar-refractivity contribution >= 4 is 11.9 Å². The topological polar surface area (TPSA) is 93.5 Å². The number of ether oxygens (including phenoxy) is 1. The number of aliphatic carboxylic acids is 1. The van der Waals surface area contributed by atoms with Gasteiger partial charge in [-0.3, -0.25) is 14.3 Å². The summed E-state index contributed by atoms with van der Waals surface area (Å²) in [5, 5.41) is 16.1. The van der Waals surface area contributed by atoms with Crippen molar-refractivity contribution in [1.82, 2.24) is 15.1 Å². The number of fused-ring (bicyclic) bond motifs is 2. The molecule has 3 rings (SSSR count). The van der Waals surface area contributed by atoms with Gasteiger partial charge in [0.2, 0.25) is 5.91 Å². The van der Waals surface area contributed by atoms with Crippen LogP contribution in [0.15, 0.2) is 12.4 Å². The third-order valence-corrected chi connectivity index (χ3v) is 4.09. The number of nitrogens with one attached hydrogen (secondary N) is 1. The van der Waals surface area contributed by atoms with Crippen LogP contribution in [0.1, 0.15) is 18.4 Å². The number of nitrogens with zero attached hydrogens (tertiary/aromatic N) is 2. The van der Waals surface area contributed by atoms with E-state index in [1.54, 1.807) is 17.9 Å². The second-order valence-electron chi connectivity index (χ2n) is 5.42. The maximum absolute atomic E-state index is 12.2. The van der Waals surface area contributed by atoms with Gasteiger partial charge in [0, 0.05) is 25.4 Å². The van der Waals surface area contributed by atoms with E-state index in [4.69, 9.17) is 4.74 Å². The standard InChI is InChI=1S/C13H17N3O4/c1-16-6-7(5-15-16)4-14-12(17)10-8-2-3-9(20-8)11(10)13(18)19/h5-6,8-11H,2-4H2,1H3,(H,14,17)(H,18,19)/t8-,9-,10+,11+/m1/s1. The normalized spacial score (nSPS) is 31.4. The van der Waals surface area contributed by atoms with Crippen LogP contribution in [0.5, 0.6) is 0 Å². The van der Waals surface area contributed by atoms with Gasteiger partial charge < -0.3 is 15.2 Å². The molecule has 0 unspecified atom stereocenters. The summed E-state index contributed by atoms with van der Waals surface area (Å²) in [5.74, 6) is -2.49. The number of carbonyl (C=O) groups excluding carboxylic acids is 1. The first-order valence-corrected chi connectivity index (χ1v) is 6.70. The predicted molar refractivity (Wildman–Crippen MR) is 67.6 cm³/mol. The van der Waals surface area contributed by atoms with E-state index in [0.717, 1.165) is 18.4 Å². The van der Waals surface area contributed by atoms with Crippen molar-refractivity contribution in [3.05, 3.63) is 18.0 Å². The first-order chi connectivity index (χ1) is 9.56. The summed E-state index contributed by atoms with van der Waals surface area (Å²) in [6.45, 7) is 0.354. The minimum absolute atomic E-state index is 0.242. The van der Waals surface area contributed by atoms with Gasteiger partial charge in [-0.25, -0.2) is 0 Å². The van der Waals surface area contributed by atoms with E-state index in [1.165, 1.54) is 0 Å². The Labute approximate surface area is 115 Å². The van der Waals surface area contributed by atoms with Crippen molar-refractivity contribution in [2.24, 2.45) is 18.9 Å². The quantitative estimate of drug-likeness (QED) is 0.803. The largest absolute Gasteiger partial charge is 0.481 e. The molecule has 7 heteroatoms. The van der Waals surface area contributed by atoms with E-state index in [1.807, 2.05) is 6.20 Å². The summed E-state index contributed by atoms with van der Waals surface area (Å²) in [6, 6.07) is 0. The van der Waals surface area contributed by atoms with Crippen LogP contribution in [0.4, 0.5) is 0 Å². The maximum Gasteiger partial charge on any atom is 0.310 e. The number of carbonyl (C=O) groups is 2. The SMILES string of the molecule is Cn1cc(CNC(=O)[C@@H]2[C@@H](C(=O)O)[C@H]3CC[C@H]2O3)cn1. The Bertz CT molecular complexity index is 541. The summed E-state index contributed by atoms with van der Waals surface area (Å²) in [5.41, 5.74) is 0.886. The fourth-order valence-electron chi connectivity index (χ4n) is 3.19. The fraction of sp³-hybridized carbons (Fsp3) is 0.615. The molecule has 2 saturated heterocycles. The highest BCUT2D eigenvalue weighted by atomic mass is 16.5. The molecule has 0 radical (unpaired) electrons. The van der Waals surface area contributed by atoms with Gasteiger partial charge in [-0.05, 0) is 12.8 Å². The van der Waals surface area contributed by atoms with E-state index in [9.17, 15) is 14.7 Å². The highest BCUT2D eigenvalue weighted by Crippen LogP contribution is 2.43. The van der Waals surface area contributed by atoms with Gasteiger partial charge >= 0.3 is 5.97 Å². The number of hydrogen-bond donors (Lipinski definition) is 2. The number of amides is 1. The van der Waals surface area contributed by atoms with Gasteiger partial charge in [0.15, 0.2) is 0 Å². The van der Waals surface area contributed by atoms with Crippen LogP contribution in [-0.2, 0) is 27.9 Å². The van der Waals surface area contributed by atoms with Crippen LogP contribution in [0.3, 0.4) is 0 Å². The lowest BCUT2D eigenvalue weighted by Crippen LogP contribution is -2.43. The number of rotatable bonds is 4. The first kappa shape index (κ1) is 13.1. The molecule has 4 atom stereocenters. The lowest BCUT2D eigenvalue weighted by atomic mass is 9.78. The van der Waals surface area contributed by atoms with Gasteiger partial charge in [-0.2, -0.15) is 5.10 Å². The van der Waals surface area contributed by atoms with Crippen molar-refractivity contribution < 1.29 is 19.4 Å². The smallest absolute Gasteiger partial charge is 0.310 e. The average molecular weight is 279 g/mol. The van der Waals surface area contributed by atoms with Crippen LogP contribution in [-0.4, -0.2) is 39.0 Å². The Morgan fingerprint density at radius 1 is 1.45 bits per heavy atom. The number of carboxylic acid groups (broad SMARTS) is 1. The van der Waals surface area contributed by atoms with Gasteiger partial charge in [-0.1, -0.05) is 0 Å². The monoisotopic (exact) mass is 279 g/mol. The summed E-state index contributed by atoms with van der Waals surface area (Å²) in [7, 11) is 1.80. The van der Waals surface area contributed by atoms with Crippen LogP contribution in [0, 0.1) is 11.8 Å². The van der Waals surface area contributed by atoms with Crippen LogP contribution in [0.2, 0.25) is 0 Å². The molecule has 2 aliphatic heterocycles. The molecule has 2 aliphatic rings. The molecule has 2 fully saturated rings. The Hall–Kier alpha value is -1.89. The minimum Gasteiger partial charge on any atom is -0.481 e. The van der Waals surface area contributed by atoms with E-state index >= 15 is 0 Å². The van der Waals surface area contributed by atoms with E-state index in [0.29, 0.717) is 6.54 Å². The fourth-order valence-corrected chi connectivity index (χ4v) is 3.19. The molecule has 0 aromatic carbocycles. The molecule has 20 heavy (non-hydrogen) atoms. The minimum atomic E-state index is -0.946. The molecule has 1 aromatic heterocycles. The van der Waals surface area contributed by atoms with E-state index in [-0.39, 0.29) is 18.1 Å². The summed E-state index contributed by atoms with van der Waals surface area (Å²) in [4.78, 5) is 23.6. The second-order valence-corrected chi connectivity index (χ2v) is 5.42. The summed E-state index contributed by atoms with van der Waals surface area (Å²) in [6.07, 6.45) is 4.41. The highest BCUT2D eigenvalue weighted by molar-refractivity contribution is 5.86. The third kappa shape index (κ3) is 2.18. The molecule has 108 valence electrons. The lowest BCUT2D eigenvalue weighted by molar-refractivity contribution is -0.147. The van der Waals surface area contributed by atoms with Crippen LogP contribution >= 0.6 is 0 Å². The van der Waals surface area contributed by atoms with Gasteiger partial charge in [0.05, 0.1) is 30.2 Å². The van der Waals surface area contributed by atoms with Gasteiger partial charge in [0.1, 0.15) is 0 Å². The summed E-state index contributed by atoms with van der Waals surface area (Å²) >= 11 is 0. The Kier molecular flexibility index (Phi) is 3.21.